The molecule has 0 saturated carbocycles. The van der Waals surface area contributed by atoms with E-state index in [1.807, 2.05) is 0 Å². The zero-order valence-electron chi connectivity index (χ0n) is 10.4. The van der Waals surface area contributed by atoms with Gasteiger partial charge in [0, 0.05) is 25.1 Å². The molecule has 18 heavy (non-hydrogen) atoms. The summed E-state index contributed by atoms with van der Waals surface area (Å²) < 4.78 is 0. The highest BCUT2D eigenvalue weighted by molar-refractivity contribution is 5.95. The molecule has 0 bridgehead atoms. The molecule has 0 aliphatic rings. The van der Waals surface area contributed by atoms with Gasteiger partial charge in [-0.15, -0.1) is 0 Å². The Morgan fingerprint density at radius 3 is 2.78 bits per heavy atom. The van der Waals surface area contributed by atoms with Gasteiger partial charge in [-0.25, -0.2) is 0 Å². The molecule has 1 aromatic carbocycles. The Hall–Kier alpha value is -2.24. The van der Waals surface area contributed by atoms with Crippen LogP contribution in [0.4, 0.5) is 0 Å². The number of nitrogens with zero attached hydrogens (tertiary/aromatic N) is 2. The Morgan fingerprint density at radius 1 is 1.56 bits per heavy atom. The molecule has 0 aliphatic heterocycles. The number of oxime groups is 1. The van der Waals surface area contributed by atoms with Crippen LogP contribution < -0.4 is 5.73 Å². The van der Waals surface area contributed by atoms with E-state index in [1.165, 1.54) is 17.0 Å². The molecule has 98 valence electrons. The summed E-state index contributed by atoms with van der Waals surface area (Å²) in [7, 11) is 1.63. The molecule has 0 spiro atoms. The van der Waals surface area contributed by atoms with Crippen LogP contribution >= 0.6 is 0 Å². The van der Waals surface area contributed by atoms with Gasteiger partial charge in [0.2, 0.25) is 0 Å². The zero-order valence-corrected chi connectivity index (χ0v) is 10.4. The van der Waals surface area contributed by atoms with Crippen LogP contribution in [0.5, 0.6) is 5.75 Å². The van der Waals surface area contributed by atoms with E-state index in [0.29, 0.717) is 5.56 Å². The summed E-state index contributed by atoms with van der Waals surface area (Å²) in [5, 5.41) is 20.7. The highest BCUT2D eigenvalue weighted by Gasteiger charge is 2.18. The van der Waals surface area contributed by atoms with E-state index >= 15 is 0 Å². The number of rotatable bonds is 4. The minimum absolute atomic E-state index is 0.0401. The molecular formula is C12H17N3O3. The number of carbonyl (C=O) groups is 1. The van der Waals surface area contributed by atoms with Crippen LogP contribution in [-0.4, -0.2) is 40.0 Å². The van der Waals surface area contributed by atoms with Crippen LogP contribution in [-0.2, 0) is 0 Å². The first-order chi connectivity index (χ1) is 8.45. The average Bonchev–Trinajstić information content (AvgIpc) is 2.36. The van der Waals surface area contributed by atoms with E-state index in [4.69, 9.17) is 10.9 Å². The number of phenols is 1. The molecule has 0 heterocycles. The first kappa shape index (κ1) is 13.8. The van der Waals surface area contributed by atoms with Crippen LogP contribution in [0.25, 0.3) is 0 Å². The van der Waals surface area contributed by atoms with Crippen molar-refractivity contribution in [3.05, 3.63) is 29.8 Å². The summed E-state index contributed by atoms with van der Waals surface area (Å²) in [5.41, 5.74) is 5.79. The highest BCUT2D eigenvalue weighted by Crippen LogP contribution is 2.14. The van der Waals surface area contributed by atoms with Crippen LogP contribution in [0.15, 0.2) is 29.4 Å². The van der Waals surface area contributed by atoms with Gasteiger partial charge in [-0.1, -0.05) is 11.2 Å². The third-order valence-electron chi connectivity index (χ3n) is 2.71. The number of amides is 1. The third-order valence-corrected chi connectivity index (χ3v) is 2.71. The first-order valence-corrected chi connectivity index (χ1v) is 5.48. The lowest BCUT2D eigenvalue weighted by molar-refractivity contribution is 0.0746. The molecule has 0 fully saturated rings. The molecule has 1 rings (SSSR count). The number of hydrogen-bond acceptors (Lipinski definition) is 4. The van der Waals surface area contributed by atoms with E-state index < -0.39 is 0 Å². The summed E-state index contributed by atoms with van der Waals surface area (Å²) in [6.07, 6.45) is 0.275. The predicted molar refractivity (Wildman–Crippen MR) is 67.7 cm³/mol. The van der Waals surface area contributed by atoms with Crippen molar-refractivity contribution in [2.45, 2.75) is 19.4 Å². The summed E-state index contributed by atoms with van der Waals surface area (Å²) >= 11 is 0. The summed E-state index contributed by atoms with van der Waals surface area (Å²) in [6, 6.07) is 5.90. The third kappa shape index (κ3) is 3.38. The molecule has 0 radical (unpaired) electrons. The Labute approximate surface area is 105 Å². The number of benzene rings is 1. The predicted octanol–water partition coefficient (Wildman–Crippen LogP) is 0.989. The van der Waals surface area contributed by atoms with Crippen molar-refractivity contribution in [1.29, 1.82) is 0 Å². The zero-order chi connectivity index (χ0) is 13.7. The van der Waals surface area contributed by atoms with Crippen molar-refractivity contribution in [3.63, 3.8) is 0 Å². The molecule has 0 aromatic heterocycles. The number of aromatic hydroxyl groups is 1. The lowest BCUT2D eigenvalue weighted by atomic mass is 10.1. The number of amidine groups is 1. The van der Waals surface area contributed by atoms with Gasteiger partial charge in [-0.05, 0) is 25.1 Å². The number of carbonyl (C=O) groups excluding carboxylic acids is 1. The van der Waals surface area contributed by atoms with Crippen LogP contribution in [0, 0.1) is 0 Å². The van der Waals surface area contributed by atoms with Gasteiger partial charge in [0.15, 0.2) is 0 Å². The van der Waals surface area contributed by atoms with Gasteiger partial charge >= 0.3 is 0 Å². The van der Waals surface area contributed by atoms with Crippen LogP contribution in [0.3, 0.4) is 0 Å². The Balaban J connectivity index is 2.78. The Kier molecular flexibility index (Phi) is 4.53. The SMILES string of the molecule is CC(CC(N)=NO)N(C)C(=O)c1cccc(O)c1. The molecule has 1 aromatic rings. The maximum atomic E-state index is 12.1. The van der Waals surface area contributed by atoms with Crippen molar-refractivity contribution in [1.82, 2.24) is 4.90 Å². The van der Waals surface area contributed by atoms with E-state index in [2.05, 4.69) is 5.16 Å². The van der Waals surface area contributed by atoms with Gasteiger partial charge in [-0.3, -0.25) is 4.79 Å². The van der Waals surface area contributed by atoms with Gasteiger partial charge in [0.05, 0.1) is 0 Å². The van der Waals surface area contributed by atoms with Gasteiger partial charge in [0.25, 0.3) is 5.91 Å². The molecule has 6 nitrogen and oxygen atoms in total. The Bertz CT molecular complexity index is 460. The van der Waals surface area contributed by atoms with Crippen molar-refractivity contribution in [2.75, 3.05) is 7.05 Å². The Morgan fingerprint density at radius 2 is 2.22 bits per heavy atom. The maximum Gasteiger partial charge on any atom is 0.253 e. The van der Waals surface area contributed by atoms with E-state index in [0.717, 1.165) is 0 Å². The monoisotopic (exact) mass is 251 g/mol. The summed E-state index contributed by atoms with van der Waals surface area (Å²) in [5.74, 6) is -0.125. The maximum absolute atomic E-state index is 12.1. The van der Waals surface area contributed by atoms with Crippen molar-refractivity contribution in [3.8, 4) is 5.75 Å². The summed E-state index contributed by atoms with van der Waals surface area (Å²) in [4.78, 5) is 13.6. The first-order valence-electron chi connectivity index (χ1n) is 5.48. The smallest absolute Gasteiger partial charge is 0.253 e. The quantitative estimate of drug-likeness (QED) is 0.321. The fraction of sp³-hybridized carbons (Fsp3) is 0.333. The topological polar surface area (TPSA) is 99.2 Å². The lowest BCUT2D eigenvalue weighted by Crippen LogP contribution is -2.37. The van der Waals surface area contributed by atoms with E-state index in [-0.39, 0.29) is 30.0 Å². The standard InChI is InChI=1S/C12H17N3O3/c1-8(6-11(13)14-18)15(2)12(17)9-4-3-5-10(16)7-9/h3-5,7-8,16,18H,6H2,1-2H3,(H2,13,14). The van der Waals surface area contributed by atoms with Gasteiger partial charge in [-0.2, -0.15) is 0 Å². The van der Waals surface area contributed by atoms with Crippen molar-refractivity contribution < 1.29 is 15.1 Å². The average molecular weight is 251 g/mol. The second-order valence-electron chi connectivity index (χ2n) is 4.11. The minimum Gasteiger partial charge on any atom is -0.508 e. The van der Waals surface area contributed by atoms with Gasteiger partial charge in [0.1, 0.15) is 11.6 Å². The molecular weight excluding hydrogens is 234 g/mol. The molecule has 1 amide bonds. The van der Waals surface area contributed by atoms with Crippen LogP contribution in [0.1, 0.15) is 23.7 Å². The molecule has 1 atom stereocenters. The largest absolute Gasteiger partial charge is 0.508 e. The fourth-order valence-electron chi connectivity index (χ4n) is 1.52. The molecule has 0 aliphatic carbocycles. The second kappa shape index (κ2) is 5.90. The molecule has 0 saturated heterocycles. The molecule has 6 heteroatoms. The van der Waals surface area contributed by atoms with E-state index in [9.17, 15) is 9.90 Å². The van der Waals surface area contributed by atoms with Gasteiger partial charge < -0.3 is 20.9 Å². The van der Waals surface area contributed by atoms with Crippen molar-refractivity contribution >= 4 is 11.7 Å². The number of hydrogen-bond donors (Lipinski definition) is 3. The fourth-order valence-corrected chi connectivity index (χ4v) is 1.52. The minimum atomic E-state index is -0.232. The number of nitrogens with two attached hydrogens (primary N) is 1. The lowest BCUT2D eigenvalue weighted by Gasteiger charge is -2.24. The van der Waals surface area contributed by atoms with E-state index in [1.54, 1.807) is 26.1 Å². The highest BCUT2D eigenvalue weighted by atomic mass is 16.4. The van der Waals surface area contributed by atoms with Crippen molar-refractivity contribution in [2.24, 2.45) is 10.9 Å². The summed E-state index contributed by atoms with van der Waals surface area (Å²) in [6.45, 7) is 1.79. The number of phenolic OH excluding ortho intramolecular Hbond substituents is 1. The normalized spacial score (nSPS) is 13.1. The molecule has 4 N–H and O–H groups in total. The molecule has 1 unspecified atom stereocenters. The second-order valence-corrected chi connectivity index (χ2v) is 4.11. The van der Waals surface area contributed by atoms with Crippen LogP contribution in [0.2, 0.25) is 0 Å².